The Balaban J connectivity index is 2.11. The Morgan fingerprint density at radius 1 is 0.938 bits per heavy atom. The second-order valence-corrected chi connectivity index (χ2v) is 10.1. The lowest BCUT2D eigenvalue weighted by Gasteiger charge is -2.25. The Morgan fingerprint density at radius 2 is 1.50 bits per heavy atom. The number of nitrogens with zero attached hydrogens (tertiary/aromatic N) is 2. The maximum atomic E-state index is 12.9. The highest BCUT2D eigenvalue weighted by Gasteiger charge is 2.29. The van der Waals surface area contributed by atoms with Gasteiger partial charge < -0.3 is 10.4 Å². The third-order valence-corrected chi connectivity index (χ3v) is 6.20. The van der Waals surface area contributed by atoms with Crippen LogP contribution < -0.4 is 10.0 Å². The number of hydrogen-bond acceptors (Lipinski definition) is 6. The van der Waals surface area contributed by atoms with E-state index in [1.807, 2.05) is 44.2 Å². The largest absolute Gasteiger partial charge is 0.394 e. The molecule has 0 saturated carbocycles. The van der Waals surface area contributed by atoms with Gasteiger partial charge in [-0.2, -0.15) is 15.0 Å². The predicted octanol–water partition coefficient (Wildman–Crippen LogP) is 3.93. The first-order valence-electron chi connectivity index (χ1n) is 10.6. The second kappa shape index (κ2) is 11.8. The van der Waals surface area contributed by atoms with Crippen LogP contribution in [0.2, 0.25) is 0 Å². The Hall–Kier alpha value is -2.62. The molecule has 0 heterocycles. The number of hydrogen-bond donors (Lipinski definition) is 3. The normalized spacial score (nSPS) is 14.1. The Kier molecular flexibility index (Phi) is 9.49. The number of rotatable bonds is 11. The first-order chi connectivity index (χ1) is 15.1. The highest BCUT2D eigenvalue weighted by Crippen LogP contribution is 2.20. The van der Waals surface area contributed by atoms with Crippen molar-refractivity contribution in [2.45, 2.75) is 51.1 Å². The molecule has 0 fully saturated rings. The van der Waals surface area contributed by atoms with E-state index < -0.39 is 28.0 Å². The molecule has 2 aromatic carbocycles. The van der Waals surface area contributed by atoms with Crippen molar-refractivity contribution in [3.8, 4) is 0 Å². The molecule has 0 aliphatic carbocycles. The summed E-state index contributed by atoms with van der Waals surface area (Å²) >= 11 is 0. The van der Waals surface area contributed by atoms with E-state index in [0.717, 1.165) is 0 Å². The highest BCUT2D eigenvalue weighted by atomic mass is 32.2. The van der Waals surface area contributed by atoms with Crippen LogP contribution in [-0.2, 0) is 14.8 Å². The number of nitrogens with one attached hydrogen (secondary N) is 2. The van der Waals surface area contributed by atoms with Crippen molar-refractivity contribution in [3.05, 3.63) is 54.6 Å². The van der Waals surface area contributed by atoms with E-state index in [1.165, 1.54) is 12.1 Å². The van der Waals surface area contributed by atoms with Gasteiger partial charge in [0.25, 0.3) is 0 Å². The minimum absolute atomic E-state index is 0.0236. The van der Waals surface area contributed by atoms with Crippen LogP contribution in [0.1, 0.15) is 34.1 Å². The monoisotopic (exact) mass is 460 g/mol. The minimum Gasteiger partial charge on any atom is -0.394 e. The summed E-state index contributed by atoms with van der Waals surface area (Å²) in [5.41, 5.74) is 1.20. The van der Waals surface area contributed by atoms with Crippen molar-refractivity contribution in [2.24, 2.45) is 22.1 Å². The topological polar surface area (TPSA) is 120 Å². The number of amides is 1. The molecule has 2 atom stereocenters. The standard InChI is InChI=1S/C23H32N4O4S/c1-16(2)14-20(15-28)24-23(29)22(17(3)4)27-32(30,31)21-12-10-19(11-13-21)26-25-18-8-6-5-7-9-18/h5-13,16-17,20,22,27-28H,14-15H2,1-4H3,(H,24,29)/t20-,22-/m0/s1. The Morgan fingerprint density at radius 3 is 2.00 bits per heavy atom. The molecule has 32 heavy (non-hydrogen) atoms. The van der Waals surface area contributed by atoms with Gasteiger partial charge >= 0.3 is 0 Å². The van der Waals surface area contributed by atoms with Gasteiger partial charge in [0.1, 0.15) is 6.04 Å². The fourth-order valence-electron chi connectivity index (χ4n) is 3.07. The van der Waals surface area contributed by atoms with E-state index in [2.05, 4.69) is 20.3 Å². The molecule has 0 radical (unpaired) electrons. The van der Waals surface area contributed by atoms with Gasteiger partial charge in [-0.15, -0.1) is 0 Å². The van der Waals surface area contributed by atoms with Gasteiger partial charge in [-0.25, -0.2) is 8.42 Å². The zero-order valence-corrected chi connectivity index (χ0v) is 19.7. The maximum absolute atomic E-state index is 12.9. The first-order valence-corrected chi connectivity index (χ1v) is 12.1. The molecule has 2 rings (SSSR count). The van der Waals surface area contributed by atoms with Crippen LogP contribution in [0.3, 0.4) is 0 Å². The van der Waals surface area contributed by atoms with E-state index in [-0.39, 0.29) is 23.3 Å². The number of carbonyl (C=O) groups is 1. The average Bonchev–Trinajstić information content (AvgIpc) is 2.76. The predicted molar refractivity (Wildman–Crippen MR) is 124 cm³/mol. The molecule has 0 aromatic heterocycles. The lowest BCUT2D eigenvalue weighted by atomic mass is 10.0. The Bertz CT molecular complexity index is 990. The van der Waals surface area contributed by atoms with Crippen LogP contribution in [0.15, 0.2) is 69.7 Å². The van der Waals surface area contributed by atoms with Gasteiger partial charge in [0.05, 0.1) is 28.9 Å². The molecule has 0 saturated heterocycles. The van der Waals surface area contributed by atoms with E-state index in [4.69, 9.17) is 0 Å². The van der Waals surface area contributed by atoms with Gasteiger partial charge in [0.2, 0.25) is 15.9 Å². The average molecular weight is 461 g/mol. The van der Waals surface area contributed by atoms with E-state index >= 15 is 0 Å². The van der Waals surface area contributed by atoms with Crippen molar-refractivity contribution < 1.29 is 18.3 Å². The van der Waals surface area contributed by atoms with Crippen LogP contribution >= 0.6 is 0 Å². The van der Waals surface area contributed by atoms with Gasteiger partial charge in [-0.1, -0.05) is 45.9 Å². The zero-order chi connectivity index (χ0) is 23.7. The molecule has 0 aliphatic rings. The van der Waals surface area contributed by atoms with Crippen LogP contribution in [0.25, 0.3) is 0 Å². The lowest BCUT2D eigenvalue weighted by Crippen LogP contribution is -2.52. The van der Waals surface area contributed by atoms with Crippen molar-refractivity contribution >= 4 is 27.3 Å². The number of sulfonamides is 1. The summed E-state index contributed by atoms with van der Waals surface area (Å²) in [5, 5.41) is 20.5. The lowest BCUT2D eigenvalue weighted by molar-refractivity contribution is -0.124. The maximum Gasteiger partial charge on any atom is 0.241 e. The van der Waals surface area contributed by atoms with Gasteiger partial charge in [-0.05, 0) is 54.7 Å². The quantitative estimate of drug-likeness (QED) is 0.440. The number of aliphatic hydroxyl groups excluding tert-OH is 1. The molecule has 174 valence electrons. The van der Waals surface area contributed by atoms with Crippen molar-refractivity contribution in [3.63, 3.8) is 0 Å². The molecule has 2 aromatic rings. The fourth-order valence-corrected chi connectivity index (χ4v) is 4.41. The van der Waals surface area contributed by atoms with Crippen LogP contribution in [0.5, 0.6) is 0 Å². The molecular weight excluding hydrogens is 428 g/mol. The summed E-state index contributed by atoms with van der Waals surface area (Å²) in [6, 6.07) is 13.7. The molecule has 0 spiro atoms. The first kappa shape index (κ1) is 25.6. The van der Waals surface area contributed by atoms with Gasteiger partial charge in [0, 0.05) is 0 Å². The van der Waals surface area contributed by atoms with E-state index in [1.54, 1.807) is 26.0 Å². The van der Waals surface area contributed by atoms with Crippen LogP contribution in [-0.4, -0.2) is 38.1 Å². The van der Waals surface area contributed by atoms with Gasteiger partial charge in [-0.3, -0.25) is 4.79 Å². The van der Waals surface area contributed by atoms with Crippen molar-refractivity contribution in [1.29, 1.82) is 0 Å². The van der Waals surface area contributed by atoms with Crippen molar-refractivity contribution in [2.75, 3.05) is 6.61 Å². The summed E-state index contributed by atoms with van der Waals surface area (Å²) in [6.45, 7) is 7.29. The second-order valence-electron chi connectivity index (χ2n) is 8.39. The molecule has 0 bridgehead atoms. The number of benzene rings is 2. The summed E-state index contributed by atoms with van der Waals surface area (Å²) in [5.74, 6) is -0.474. The zero-order valence-electron chi connectivity index (χ0n) is 18.9. The van der Waals surface area contributed by atoms with E-state index in [0.29, 0.717) is 17.8 Å². The third kappa shape index (κ3) is 7.81. The van der Waals surface area contributed by atoms with Crippen LogP contribution in [0.4, 0.5) is 11.4 Å². The minimum atomic E-state index is -3.94. The Labute approximate surface area is 190 Å². The molecule has 9 heteroatoms. The summed E-state index contributed by atoms with van der Waals surface area (Å²) in [7, 11) is -3.94. The summed E-state index contributed by atoms with van der Waals surface area (Å²) in [4.78, 5) is 12.8. The summed E-state index contributed by atoms with van der Waals surface area (Å²) < 4.78 is 28.3. The summed E-state index contributed by atoms with van der Waals surface area (Å²) in [6.07, 6.45) is 0.596. The molecule has 1 amide bonds. The third-order valence-electron chi connectivity index (χ3n) is 4.74. The molecule has 0 aliphatic heterocycles. The van der Waals surface area contributed by atoms with Gasteiger partial charge in [0.15, 0.2) is 0 Å². The fraction of sp³-hybridized carbons (Fsp3) is 0.435. The molecule has 0 unspecified atom stereocenters. The van der Waals surface area contributed by atoms with Crippen LogP contribution in [0, 0.1) is 11.8 Å². The number of carbonyl (C=O) groups excluding carboxylic acids is 1. The van der Waals surface area contributed by atoms with E-state index in [9.17, 15) is 18.3 Å². The SMILES string of the molecule is CC(C)C[C@@H](CO)NC(=O)[C@@H](NS(=O)(=O)c1ccc(N=Nc2ccccc2)cc1)C(C)C. The highest BCUT2D eigenvalue weighted by molar-refractivity contribution is 7.89. The van der Waals surface area contributed by atoms with Crippen molar-refractivity contribution in [1.82, 2.24) is 10.0 Å². The number of azo groups is 1. The molecule has 8 nitrogen and oxygen atoms in total. The smallest absolute Gasteiger partial charge is 0.241 e. The number of aliphatic hydroxyl groups is 1. The molecule has 3 N–H and O–H groups in total. The molecular formula is C23H32N4O4S.